The summed E-state index contributed by atoms with van der Waals surface area (Å²) in [4.78, 5) is 34.7. The molecule has 0 bridgehead atoms. The van der Waals surface area contributed by atoms with Crippen LogP contribution in [0.1, 0.15) is 24.8 Å². The average molecular weight is 547 g/mol. The molecule has 2 aliphatic rings. The van der Waals surface area contributed by atoms with Crippen molar-refractivity contribution in [2.24, 2.45) is 0 Å². The predicted molar refractivity (Wildman–Crippen MR) is 150 cm³/mol. The average Bonchev–Trinajstić information content (AvgIpc) is 3.30. The number of rotatable bonds is 11. The Bertz CT molecular complexity index is 1410. The second-order valence-electron chi connectivity index (χ2n) is 9.77. The van der Waals surface area contributed by atoms with Crippen LogP contribution in [0.2, 0.25) is 0 Å². The number of methoxy groups -OCH3 is 1. The van der Waals surface area contributed by atoms with E-state index in [9.17, 15) is 14.0 Å². The van der Waals surface area contributed by atoms with Gasteiger partial charge in [-0.2, -0.15) is 4.98 Å². The number of anilines is 5. The molecule has 1 aliphatic heterocycles. The van der Waals surface area contributed by atoms with Crippen molar-refractivity contribution >= 4 is 40.6 Å². The van der Waals surface area contributed by atoms with Crippen molar-refractivity contribution in [2.75, 3.05) is 48.9 Å². The molecule has 1 aromatic heterocycles. The zero-order chi connectivity index (χ0) is 28.1. The first-order chi connectivity index (χ1) is 19.4. The van der Waals surface area contributed by atoms with Crippen molar-refractivity contribution in [2.45, 2.75) is 24.7 Å². The molecule has 1 saturated carbocycles. The van der Waals surface area contributed by atoms with E-state index in [2.05, 4.69) is 32.5 Å². The predicted octanol–water partition coefficient (Wildman–Crippen LogP) is 4.20. The Morgan fingerprint density at radius 3 is 2.60 bits per heavy atom. The van der Waals surface area contributed by atoms with Gasteiger partial charge >= 0.3 is 0 Å². The molecule has 2 heterocycles. The van der Waals surface area contributed by atoms with Crippen LogP contribution >= 0.6 is 0 Å². The molecule has 1 spiro atoms. The van der Waals surface area contributed by atoms with Crippen molar-refractivity contribution in [3.05, 3.63) is 72.7 Å². The van der Waals surface area contributed by atoms with Gasteiger partial charge in [-0.15, -0.1) is 0 Å². The number of aromatic nitrogens is 2. The molecule has 0 saturated heterocycles. The molecule has 2 amide bonds. The maximum atomic E-state index is 14.7. The van der Waals surface area contributed by atoms with Gasteiger partial charge in [0.15, 0.2) is 11.6 Å². The Balaban J connectivity index is 1.32. The molecule has 1 fully saturated rings. The molecule has 1 aliphatic carbocycles. The highest BCUT2D eigenvalue weighted by molar-refractivity contribution is 6.00. The number of carbonyl (C=O) groups excluding carboxylic acids is 2. The van der Waals surface area contributed by atoms with Gasteiger partial charge in [-0.05, 0) is 60.9 Å². The lowest BCUT2D eigenvalue weighted by Crippen LogP contribution is -2.44. The third-order valence-electron chi connectivity index (χ3n) is 7.21. The van der Waals surface area contributed by atoms with Crippen LogP contribution < -0.4 is 25.6 Å². The van der Waals surface area contributed by atoms with E-state index in [0.717, 1.165) is 42.8 Å². The molecule has 11 heteroatoms. The fourth-order valence-corrected chi connectivity index (χ4v) is 5.00. The van der Waals surface area contributed by atoms with Gasteiger partial charge in [-0.1, -0.05) is 19.1 Å². The van der Waals surface area contributed by atoms with Crippen molar-refractivity contribution in [1.29, 1.82) is 0 Å². The van der Waals surface area contributed by atoms with Crippen LogP contribution in [0.5, 0.6) is 5.75 Å². The van der Waals surface area contributed by atoms with E-state index in [1.54, 1.807) is 24.1 Å². The van der Waals surface area contributed by atoms with E-state index >= 15 is 0 Å². The lowest BCUT2D eigenvalue weighted by atomic mass is 9.66. The minimum Gasteiger partial charge on any atom is -0.491 e. The number of carbonyl (C=O) groups is 2. The molecule has 208 valence electrons. The van der Waals surface area contributed by atoms with E-state index in [0.29, 0.717) is 36.9 Å². The Labute approximate surface area is 231 Å². The highest BCUT2D eigenvalue weighted by atomic mass is 19.1. The number of amides is 2. The Morgan fingerprint density at radius 1 is 1.12 bits per heavy atom. The van der Waals surface area contributed by atoms with Gasteiger partial charge in [-0.3, -0.25) is 9.59 Å². The monoisotopic (exact) mass is 546 g/mol. The molecular weight excluding hydrogens is 515 g/mol. The second-order valence-corrected chi connectivity index (χ2v) is 9.77. The molecule has 2 aromatic carbocycles. The smallest absolute Gasteiger partial charge is 0.246 e. The number of benzene rings is 2. The van der Waals surface area contributed by atoms with Gasteiger partial charge in [0.05, 0.1) is 19.3 Å². The quantitative estimate of drug-likeness (QED) is 0.242. The summed E-state index contributed by atoms with van der Waals surface area (Å²) < 4.78 is 25.3. The van der Waals surface area contributed by atoms with Crippen molar-refractivity contribution in [3.63, 3.8) is 0 Å². The normalized spacial score (nSPS) is 14.7. The van der Waals surface area contributed by atoms with Gasteiger partial charge in [0, 0.05) is 36.1 Å². The summed E-state index contributed by atoms with van der Waals surface area (Å²) >= 11 is 0. The molecule has 0 atom stereocenters. The largest absolute Gasteiger partial charge is 0.491 e. The Kier molecular flexibility index (Phi) is 7.92. The summed E-state index contributed by atoms with van der Waals surface area (Å²) in [5.41, 5.74) is 3.05. The van der Waals surface area contributed by atoms with Crippen molar-refractivity contribution < 1.29 is 23.5 Å². The number of ether oxygens (including phenoxy) is 2. The van der Waals surface area contributed by atoms with Crippen LogP contribution in [0.25, 0.3) is 0 Å². The lowest BCUT2D eigenvalue weighted by molar-refractivity contribution is -0.122. The summed E-state index contributed by atoms with van der Waals surface area (Å²) in [7, 11) is 1.61. The Morgan fingerprint density at radius 2 is 1.90 bits per heavy atom. The van der Waals surface area contributed by atoms with Crippen LogP contribution in [-0.4, -0.2) is 55.2 Å². The van der Waals surface area contributed by atoms with Crippen molar-refractivity contribution in [3.8, 4) is 5.75 Å². The topological polar surface area (TPSA) is 118 Å². The first-order valence-corrected chi connectivity index (χ1v) is 13.0. The lowest BCUT2D eigenvalue weighted by Gasteiger charge is -2.39. The standard InChI is InChI=1S/C29H31FN6O4/c1-3-25(37)31-17-26(38)36-18-29(11-4-12-29)22-10-7-20(15-24(22)36)33-27-23(30)16-32-28(35-27)34-19-5-8-21(9-6-19)40-14-13-39-2/h3,5-10,15-16H,1,4,11-14,17-18H2,2H3,(H,31,37)(H2,32,33,34,35). The van der Waals surface area contributed by atoms with Crippen LogP contribution in [0, 0.1) is 5.82 Å². The van der Waals surface area contributed by atoms with E-state index in [1.807, 2.05) is 30.3 Å². The van der Waals surface area contributed by atoms with Gasteiger partial charge in [0.2, 0.25) is 17.8 Å². The molecular formula is C29H31FN6O4. The van der Waals surface area contributed by atoms with E-state index in [-0.39, 0.29) is 29.6 Å². The summed E-state index contributed by atoms with van der Waals surface area (Å²) in [6.07, 6.45) is 5.31. The molecule has 40 heavy (non-hydrogen) atoms. The number of nitrogens with one attached hydrogen (secondary N) is 3. The SMILES string of the molecule is C=CC(=O)NCC(=O)N1CC2(CCC2)c2ccc(Nc3nc(Nc4ccc(OCCOC)cc4)ncc3F)cc21. The number of fused-ring (bicyclic) bond motifs is 2. The first-order valence-electron chi connectivity index (χ1n) is 13.0. The highest BCUT2D eigenvalue weighted by Gasteiger charge is 2.48. The van der Waals surface area contributed by atoms with Crippen LogP contribution in [0.3, 0.4) is 0 Å². The van der Waals surface area contributed by atoms with Gasteiger partial charge < -0.3 is 30.3 Å². The summed E-state index contributed by atoms with van der Waals surface area (Å²) in [5.74, 6) is -0.348. The minimum absolute atomic E-state index is 0.00977. The van der Waals surface area contributed by atoms with Crippen LogP contribution in [-0.2, 0) is 19.7 Å². The van der Waals surface area contributed by atoms with Gasteiger partial charge in [-0.25, -0.2) is 9.37 Å². The van der Waals surface area contributed by atoms with Crippen LogP contribution in [0.15, 0.2) is 61.3 Å². The molecule has 3 N–H and O–H groups in total. The van der Waals surface area contributed by atoms with E-state index < -0.39 is 11.7 Å². The maximum Gasteiger partial charge on any atom is 0.246 e. The van der Waals surface area contributed by atoms with E-state index in [4.69, 9.17) is 9.47 Å². The van der Waals surface area contributed by atoms with E-state index in [1.165, 1.54) is 0 Å². The van der Waals surface area contributed by atoms with Crippen molar-refractivity contribution in [1.82, 2.24) is 15.3 Å². The number of halogens is 1. The number of nitrogens with zero attached hydrogens (tertiary/aromatic N) is 3. The van der Waals surface area contributed by atoms with Gasteiger partial charge in [0.25, 0.3) is 0 Å². The fraction of sp³-hybridized carbons (Fsp3) is 0.310. The number of hydrogen-bond donors (Lipinski definition) is 3. The molecule has 5 rings (SSSR count). The third-order valence-corrected chi connectivity index (χ3v) is 7.21. The second kappa shape index (κ2) is 11.7. The highest BCUT2D eigenvalue weighted by Crippen LogP contribution is 2.53. The molecule has 0 radical (unpaired) electrons. The zero-order valence-electron chi connectivity index (χ0n) is 22.2. The first kappa shape index (κ1) is 27.1. The van der Waals surface area contributed by atoms with Gasteiger partial charge in [0.1, 0.15) is 12.4 Å². The summed E-state index contributed by atoms with van der Waals surface area (Å²) in [6.45, 7) is 4.78. The third kappa shape index (κ3) is 5.74. The molecule has 3 aromatic rings. The maximum absolute atomic E-state index is 14.7. The fourth-order valence-electron chi connectivity index (χ4n) is 5.00. The minimum atomic E-state index is -0.622. The van der Waals surface area contributed by atoms with Crippen LogP contribution in [0.4, 0.5) is 33.2 Å². The Hall–Kier alpha value is -4.51. The number of hydrogen-bond acceptors (Lipinski definition) is 8. The summed E-state index contributed by atoms with van der Waals surface area (Å²) in [5, 5.41) is 8.65. The summed E-state index contributed by atoms with van der Waals surface area (Å²) in [6, 6.07) is 12.9. The molecule has 10 nitrogen and oxygen atoms in total. The zero-order valence-corrected chi connectivity index (χ0v) is 22.2. The molecule has 0 unspecified atom stereocenters.